The van der Waals surface area contributed by atoms with E-state index in [0.29, 0.717) is 39.2 Å². The van der Waals surface area contributed by atoms with Gasteiger partial charge in [-0.15, -0.1) is 15.3 Å². The zero-order valence-electron chi connectivity index (χ0n) is 15.8. The van der Waals surface area contributed by atoms with Crippen molar-refractivity contribution in [2.24, 2.45) is 0 Å². The molecule has 4 rings (SSSR count). The maximum absolute atomic E-state index is 13.9. The Bertz CT molecular complexity index is 1160. The molecule has 0 aliphatic rings. The van der Waals surface area contributed by atoms with Gasteiger partial charge in [-0.3, -0.25) is 10.1 Å². The average molecular weight is 411 g/mol. The van der Waals surface area contributed by atoms with Gasteiger partial charge in [-0.1, -0.05) is 48.6 Å². The Morgan fingerprint density at radius 3 is 2.76 bits per heavy atom. The van der Waals surface area contributed by atoms with Crippen LogP contribution in [0.2, 0.25) is 0 Å². The number of benzene rings is 2. The smallest absolute Gasteiger partial charge is 0.267 e. The van der Waals surface area contributed by atoms with E-state index >= 15 is 0 Å². The molecule has 0 unspecified atom stereocenters. The van der Waals surface area contributed by atoms with Gasteiger partial charge in [-0.2, -0.15) is 4.52 Å². The van der Waals surface area contributed by atoms with Crippen LogP contribution in [0, 0.1) is 12.7 Å². The van der Waals surface area contributed by atoms with Crippen LogP contribution in [-0.4, -0.2) is 31.8 Å². The summed E-state index contributed by atoms with van der Waals surface area (Å²) in [6.45, 7) is 3.56. The molecule has 0 aliphatic carbocycles. The number of anilines is 1. The van der Waals surface area contributed by atoms with Crippen LogP contribution < -0.4 is 10.1 Å². The van der Waals surface area contributed by atoms with Gasteiger partial charge in [0.25, 0.3) is 5.91 Å². The molecular formula is C20H18FN5O2S. The van der Waals surface area contributed by atoms with Gasteiger partial charge in [0.05, 0.1) is 0 Å². The van der Waals surface area contributed by atoms with Crippen LogP contribution in [-0.2, 0) is 4.79 Å². The van der Waals surface area contributed by atoms with Crippen molar-refractivity contribution in [2.75, 3.05) is 5.32 Å². The molecule has 148 valence electrons. The molecular weight excluding hydrogens is 393 g/mol. The van der Waals surface area contributed by atoms with E-state index < -0.39 is 6.10 Å². The van der Waals surface area contributed by atoms with Crippen LogP contribution >= 0.6 is 11.3 Å². The van der Waals surface area contributed by atoms with Crippen LogP contribution in [0.15, 0.2) is 48.5 Å². The maximum Gasteiger partial charge on any atom is 0.267 e. The Balaban J connectivity index is 1.54. The summed E-state index contributed by atoms with van der Waals surface area (Å²) in [5.41, 5.74) is 1.10. The first kappa shape index (κ1) is 19.0. The van der Waals surface area contributed by atoms with Crippen LogP contribution in [0.3, 0.4) is 0 Å². The summed E-state index contributed by atoms with van der Waals surface area (Å²) in [5.74, 6) is 0.399. The Hall–Kier alpha value is -3.33. The fourth-order valence-electron chi connectivity index (χ4n) is 2.75. The molecule has 2 aromatic carbocycles. The van der Waals surface area contributed by atoms with Gasteiger partial charge in [0.1, 0.15) is 11.6 Å². The van der Waals surface area contributed by atoms with Crippen molar-refractivity contribution in [1.29, 1.82) is 0 Å². The molecule has 0 saturated carbocycles. The van der Waals surface area contributed by atoms with E-state index in [-0.39, 0.29) is 11.7 Å². The topological polar surface area (TPSA) is 81.4 Å². The molecule has 0 bridgehead atoms. The zero-order valence-corrected chi connectivity index (χ0v) is 16.6. The number of hydrogen-bond acceptors (Lipinski definition) is 6. The minimum absolute atomic E-state index is 0.302. The quantitative estimate of drug-likeness (QED) is 0.517. The summed E-state index contributed by atoms with van der Waals surface area (Å²) < 4.78 is 21.2. The van der Waals surface area contributed by atoms with Gasteiger partial charge in [0, 0.05) is 5.56 Å². The van der Waals surface area contributed by atoms with Gasteiger partial charge in [0.2, 0.25) is 10.1 Å². The lowest BCUT2D eigenvalue weighted by molar-refractivity contribution is -0.122. The minimum Gasteiger partial charge on any atom is -0.481 e. The largest absolute Gasteiger partial charge is 0.481 e. The van der Waals surface area contributed by atoms with Crippen molar-refractivity contribution in [3.05, 3.63) is 59.9 Å². The minimum atomic E-state index is -0.655. The highest BCUT2D eigenvalue weighted by molar-refractivity contribution is 7.20. The summed E-state index contributed by atoms with van der Waals surface area (Å²) in [6, 6.07) is 14.0. The number of rotatable bonds is 6. The first-order valence-electron chi connectivity index (χ1n) is 9.06. The van der Waals surface area contributed by atoms with Gasteiger partial charge < -0.3 is 4.74 Å². The van der Waals surface area contributed by atoms with E-state index in [1.54, 1.807) is 31.2 Å². The van der Waals surface area contributed by atoms with E-state index in [4.69, 9.17) is 4.74 Å². The Kier molecular flexibility index (Phi) is 5.22. The second kappa shape index (κ2) is 7.96. The van der Waals surface area contributed by atoms with E-state index in [2.05, 4.69) is 20.6 Å². The number of carbonyl (C=O) groups is 1. The number of amides is 1. The number of carbonyl (C=O) groups excluding carboxylic acids is 1. The average Bonchev–Trinajstić information content (AvgIpc) is 3.29. The number of nitrogens with zero attached hydrogens (tertiary/aromatic N) is 4. The summed E-state index contributed by atoms with van der Waals surface area (Å²) in [7, 11) is 0. The summed E-state index contributed by atoms with van der Waals surface area (Å²) in [5, 5.41) is 15.7. The highest BCUT2D eigenvalue weighted by atomic mass is 32.1. The number of aryl methyl sites for hydroxylation is 1. The van der Waals surface area contributed by atoms with Crippen LogP contribution in [0.5, 0.6) is 5.75 Å². The molecule has 9 heteroatoms. The zero-order chi connectivity index (χ0) is 20.4. The van der Waals surface area contributed by atoms with Crippen LogP contribution in [0.25, 0.3) is 16.3 Å². The van der Waals surface area contributed by atoms with E-state index in [9.17, 15) is 9.18 Å². The monoisotopic (exact) mass is 411 g/mol. The molecule has 1 atom stereocenters. The standard InChI is InChI=1S/C20H18FN5O2S/c1-3-16(28-14-7-5-4-6-8-14)18(27)22-19-25-26-17(23-24-20(26)29-19)13-10-9-12(2)15(21)11-13/h4-11,16H,3H2,1-2H3,(H,22,25,27)/t16-/m0/s1. The van der Waals surface area contributed by atoms with E-state index in [1.807, 2.05) is 25.1 Å². The second-order valence-electron chi connectivity index (χ2n) is 6.41. The SMILES string of the molecule is CC[C@H](Oc1ccccc1)C(=O)Nc1nn2c(-c3ccc(C)c(F)c3)nnc2s1. The van der Waals surface area contributed by atoms with Gasteiger partial charge >= 0.3 is 0 Å². The number of halogens is 1. The first-order valence-corrected chi connectivity index (χ1v) is 9.88. The molecule has 0 radical (unpaired) electrons. The Morgan fingerprint density at radius 2 is 2.03 bits per heavy atom. The van der Waals surface area contributed by atoms with Crippen LogP contribution in [0.4, 0.5) is 9.52 Å². The van der Waals surface area contributed by atoms with Crippen molar-refractivity contribution in [1.82, 2.24) is 19.8 Å². The number of hydrogen-bond donors (Lipinski definition) is 1. The summed E-state index contributed by atoms with van der Waals surface area (Å²) in [4.78, 5) is 13.1. The first-order chi connectivity index (χ1) is 14.0. The van der Waals surface area contributed by atoms with Crippen molar-refractivity contribution in [3.63, 3.8) is 0 Å². The number of nitrogens with one attached hydrogen (secondary N) is 1. The fourth-order valence-corrected chi connectivity index (χ4v) is 3.49. The third-order valence-corrected chi connectivity index (χ3v) is 5.15. The molecule has 0 aliphatic heterocycles. The van der Waals surface area contributed by atoms with Crippen molar-refractivity contribution in [3.8, 4) is 17.1 Å². The third-order valence-electron chi connectivity index (χ3n) is 4.34. The summed E-state index contributed by atoms with van der Waals surface area (Å²) in [6.07, 6.45) is -0.156. The third kappa shape index (κ3) is 3.95. The molecule has 7 nitrogen and oxygen atoms in total. The van der Waals surface area contributed by atoms with Crippen LogP contribution in [0.1, 0.15) is 18.9 Å². The molecule has 29 heavy (non-hydrogen) atoms. The highest BCUT2D eigenvalue weighted by Crippen LogP contribution is 2.25. The highest BCUT2D eigenvalue weighted by Gasteiger charge is 2.21. The normalized spacial score (nSPS) is 12.1. The second-order valence-corrected chi connectivity index (χ2v) is 7.36. The number of para-hydroxylation sites is 1. The molecule has 1 amide bonds. The lowest BCUT2D eigenvalue weighted by atomic mass is 10.1. The van der Waals surface area contributed by atoms with Crippen molar-refractivity contribution in [2.45, 2.75) is 26.4 Å². The lowest BCUT2D eigenvalue weighted by Gasteiger charge is -2.16. The lowest BCUT2D eigenvalue weighted by Crippen LogP contribution is -2.32. The summed E-state index contributed by atoms with van der Waals surface area (Å²) >= 11 is 1.18. The fraction of sp³-hybridized carbons (Fsp3) is 0.200. The van der Waals surface area contributed by atoms with E-state index in [1.165, 1.54) is 21.9 Å². The molecule has 0 saturated heterocycles. The van der Waals surface area contributed by atoms with Gasteiger partial charge in [0.15, 0.2) is 11.9 Å². The van der Waals surface area contributed by atoms with Crippen molar-refractivity contribution < 1.29 is 13.9 Å². The Labute approximate surface area is 170 Å². The number of ether oxygens (including phenoxy) is 1. The van der Waals surface area contributed by atoms with Gasteiger partial charge in [-0.25, -0.2) is 4.39 Å². The Morgan fingerprint density at radius 1 is 1.24 bits per heavy atom. The molecule has 2 heterocycles. The predicted molar refractivity (Wildman–Crippen MR) is 109 cm³/mol. The number of aromatic nitrogens is 4. The number of fused-ring (bicyclic) bond motifs is 1. The molecule has 0 spiro atoms. The van der Waals surface area contributed by atoms with E-state index in [0.717, 1.165) is 0 Å². The maximum atomic E-state index is 13.9. The molecule has 2 aromatic heterocycles. The predicted octanol–water partition coefficient (Wildman–Crippen LogP) is 4.10. The molecule has 4 aromatic rings. The van der Waals surface area contributed by atoms with Gasteiger partial charge in [-0.05, 0) is 37.1 Å². The van der Waals surface area contributed by atoms with Crippen molar-refractivity contribution >= 4 is 27.3 Å². The molecule has 0 fully saturated rings. The molecule has 1 N–H and O–H groups in total.